The predicted octanol–water partition coefficient (Wildman–Crippen LogP) is 1.54. The Morgan fingerprint density at radius 1 is 1.25 bits per heavy atom. The maximum atomic E-state index is 11.0. The van der Waals surface area contributed by atoms with Crippen LogP contribution in [0.4, 0.5) is 0 Å². The molecule has 1 aliphatic rings. The lowest BCUT2D eigenvalue weighted by Gasteiger charge is -2.21. The number of fused-ring (bicyclic) bond motifs is 1. The largest absolute Gasteiger partial charge is 0.486 e. The normalized spacial score (nSPS) is 15.9. The summed E-state index contributed by atoms with van der Waals surface area (Å²) in [5.74, 6) is 1.77. The van der Waals surface area contributed by atoms with Gasteiger partial charge in [-0.1, -0.05) is 6.07 Å². The van der Waals surface area contributed by atoms with Crippen LogP contribution in [-0.4, -0.2) is 40.2 Å². The SMILES string of the molecule is CC(NCCCS(C)(=O)=O)c1ccc2c(c1)OCCO2. The van der Waals surface area contributed by atoms with Gasteiger partial charge < -0.3 is 14.8 Å². The van der Waals surface area contributed by atoms with Crippen molar-refractivity contribution in [3.63, 3.8) is 0 Å². The molecular weight excluding hydrogens is 278 g/mol. The summed E-state index contributed by atoms with van der Waals surface area (Å²) in [5.41, 5.74) is 1.11. The summed E-state index contributed by atoms with van der Waals surface area (Å²) in [7, 11) is -2.88. The molecule has 0 saturated carbocycles. The highest BCUT2D eigenvalue weighted by atomic mass is 32.2. The first-order chi connectivity index (χ1) is 9.46. The number of sulfone groups is 1. The van der Waals surface area contributed by atoms with Gasteiger partial charge in [-0.15, -0.1) is 0 Å². The number of hydrogen-bond donors (Lipinski definition) is 1. The summed E-state index contributed by atoms with van der Waals surface area (Å²) >= 11 is 0. The molecule has 1 aromatic rings. The molecule has 112 valence electrons. The minimum Gasteiger partial charge on any atom is -0.486 e. The van der Waals surface area contributed by atoms with Crippen LogP contribution in [-0.2, 0) is 9.84 Å². The quantitative estimate of drug-likeness (QED) is 0.807. The Balaban J connectivity index is 1.87. The first-order valence-electron chi connectivity index (χ1n) is 6.76. The van der Waals surface area contributed by atoms with Crippen LogP contribution in [0.5, 0.6) is 11.5 Å². The molecule has 0 radical (unpaired) electrons. The van der Waals surface area contributed by atoms with Crippen molar-refractivity contribution in [2.75, 3.05) is 31.8 Å². The maximum absolute atomic E-state index is 11.0. The Kier molecular flexibility index (Phi) is 4.88. The van der Waals surface area contributed by atoms with E-state index in [0.29, 0.717) is 26.2 Å². The Morgan fingerprint density at radius 2 is 1.95 bits per heavy atom. The summed E-state index contributed by atoms with van der Waals surface area (Å²) in [6, 6.07) is 6.04. The lowest BCUT2D eigenvalue weighted by Crippen LogP contribution is -2.22. The van der Waals surface area contributed by atoms with Crippen LogP contribution < -0.4 is 14.8 Å². The fraction of sp³-hybridized carbons (Fsp3) is 0.571. The zero-order valence-corrected chi connectivity index (χ0v) is 12.7. The number of benzene rings is 1. The third-order valence-corrected chi connectivity index (χ3v) is 4.24. The summed E-state index contributed by atoms with van der Waals surface area (Å²) in [6.07, 6.45) is 1.88. The second-order valence-corrected chi connectivity index (χ2v) is 7.32. The van der Waals surface area contributed by atoms with E-state index in [-0.39, 0.29) is 11.8 Å². The van der Waals surface area contributed by atoms with Crippen molar-refractivity contribution in [3.8, 4) is 11.5 Å². The van der Waals surface area contributed by atoms with Gasteiger partial charge >= 0.3 is 0 Å². The number of hydrogen-bond acceptors (Lipinski definition) is 5. The average molecular weight is 299 g/mol. The van der Waals surface area contributed by atoms with E-state index in [0.717, 1.165) is 17.1 Å². The lowest BCUT2D eigenvalue weighted by molar-refractivity contribution is 0.171. The van der Waals surface area contributed by atoms with Gasteiger partial charge in [-0.05, 0) is 37.6 Å². The van der Waals surface area contributed by atoms with Crippen molar-refractivity contribution in [1.29, 1.82) is 0 Å². The van der Waals surface area contributed by atoms with Gasteiger partial charge in [0.25, 0.3) is 0 Å². The molecular formula is C14H21NO4S. The molecule has 20 heavy (non-hydrogen) atoms. The molecule has 1 N–H and O–H groups in total. The molecule has 1 aliphatic heterocycles. The molecule has 5 nitrogen and oxygen atoms in total. The van der Waals surface area contributed by atoms with Gasteiger partial charge in [0.15, 0.2) is 11.5 Å². The Hall–Kier alpha value is -1.27. The summed E-state index contributed by atoms with van der Waals surface area (Å²) in [4.78, 5) is 0. The van der Waals surface area contributed by atoms with Crippen molar-refractivity contribution in [1.82, 2.24) is 5.32 Å². The second-order valence-electron chi connectivity index (χ2n) is 5.06. The van der Waals surface area contributed by atoms with Crippen molar-refractivity contribution in [2.45, 2.75) is 19.4 Å². The van der Waals surface area contributed by atoms with Crippen LogP contribution in [0.1, 0.15) is 24.9 Å². The zero-order valence-electron chi connectivity index (χ0n) is 11.9. The van der Waals surface area contributed by atoms with Gasteiger partial charge in [-0.25, -0.2) is 8.42 Å². The van der Waals surface area contributed by atoms with Gasteiger partial charge in [-0.3, -0.25) is 0 Å². The highest BCUT2D eigenvalue weighted by Gasteiger charge is 2.14. The Labute approximate surface area is 120 Å². The molecule has 0 aromatic heterocycles. The summed E-state index contributed by atoms with van der Waals surface area (Å²) < 4.78 is 33.1. The van der Waals surface area contributed by atoms with Crippen LogP contribution in [0.25, 0.3) is 0 Å². The average Bonchev–Trinajstić information content (AvgIpc) is 2.42. The Morgan fingerprint density at radius 3 is 2.65 bits per heavy atom. The van der Waals surface area contributed by atoms with Crippen LogP contribution >= 0.6 is 0 Å². The molecule has 2 rings (SSSR count). The van der Waals surface area contributed by atoms with Gasteiger partial charge in [0.2, 0.25) is 0 Å². The molecule has 1 heterocycles. The number of ether oxygens (including phenoxy) is 2. The van der Waals surface area contributed by atoms with E-state index in [1.807, 2.05) is 25.1 Å². The highest BCUT2D eigenvalue weighted by molar-refractivity contribution is 7.90. The zero-order chi connectivity index (χ0) is 14.6. The van der Waals surface area contributed by atoms with Crippen molar-refractivity contribution in [2.24, 2.45) is 0 Å². The van der Waals surface area contributed by atoms with Crippen molar-refractivity contribution in [3.05, 3.63) is 23.8 Å². The van der Waals surface area contributed by atoms with Crippen LogP contribution in [0.15, 0.2) is 18.2 Å². The minimum absolute atomic E-state index is 0.144. The van der Waals surface area contributed by atoms with E-state index in [1.165, 1.54) is 6.26 Å². The molecule has 0 fully saturated rings. The number of nitrogens with one attached hydrogen (secondary N) is 1. The van der Waals surface area contributed by atoms with Crippen LogP contribution in [0, 0.1) is 0 Å². The number of rotatable bonds is 6. The molecule has 0 amide bonds. The first kappa shape index (κ1) is 15.1. The third-order valence-electron chi connectivity index (χ3n) is 3.21. The molecule has 1 unspecified atom stereocenters. The Bertz CT molecular complexity index is 556. The van der Waals surface area contributed by atoms with E-state index < -0.39 is 9.84 Å². The topological polar surface area (TPSA) is 64.6 Å². The fourth-order valence-corrected chi connectivity index (χ4v) is 2.77. The first-order valence-corrected chi connectivity index (χ1v) is 8.82. The van der Waals surface area contributed by atoms with E-state index in [2.05, 4.69) is 5.32 Å². The predicted molar refractivity (Wildman–Crippen MR) is 78.2 cm³/mol. The second kappa shape index (κ2) is 6.45. The monoisotopic (exact) mass is 299 g/mol. The standard InChI is InChI=1S/C14H21NO4S/c1-11(15-6-3-9-20(2,16)17)12-4-5-13-14(10-12)19-8-7-18-13/h4-5,10-11,15H,3,6-9H2,1-2H3. The van der Waals surface area contributed by atoms with E-state index in [4.69, 9.17) is 9.47 Å². The summed E-state index contributed by atoms with van der Waals surface area (Å²) in [6.45, 7) is 3.88. The van der Waals surface area contributed by atoms with Gasteiger partial charge in [0, 0.05) is 12.3 Å². The van der Waals surface area contributed by atoms with Crippen molar-refractivity contribution >= 4 is 9.84 Å². The van der Waals surface area contributed by atoms with E-state index in [9.17, 15) is 8.42 Å². The minimum atomic E-state index is -2.88. The molecule has 1 atom stereocenters. The van der Waals surface area contributed by atoms with Crippen molar-refractivity contribution < 1.29 is 17.9 Å². The van der Waals surface area contributed by atoms with Gasteiger partial charge in [-0.2, -0.15) is 0 Å². The van der Waals surface area contributed by atoms with Gasteiger partial charge in [0.05, 0.1) is 5.75 Å². The molecule has 0 saturated heterocycles. The van der Waals surface area contributed by atoms with E-state index in [1.54, 1.807) is 0 Å². The molecule has 1 aromatic carbocycles. The molecule has 0 bridgehead atoms. The van der Waals surface area contributed by atoms with E-state index >= 15 is 0 Å². The summed E-state index contributed by atoms with van der Waals surface area (Å²) in [5, 5.41) is 3.32. The van der Waals surface area contributed by atoms with Crippen LogP contribution in [0.2, 0.25) is 0 Å². The fourth-order valence-electron chi connectivity index (χ4n) is 2.10. The molecule has 0 spiro atoms. The van der Waals surface area contributed by atoms with Crippen LogP contribution in [0.3, 0.4) is 0 Å². The highest BCUT2D eigenvalue weighted by Crippen LogP contribution is 2.32. The maximum Gasteiger partial charge on any atom is 0.161 e. The molecule has 6 heteroatoms. The van der Waals surface area contributed by atoms with Gasteiger partial charge in [0.1, 0.15) is 23.1 Å². The lowest BCUT2D eigenvalue weighted by atomic mass is 10.1. The smallest absolute Gasteiger partial charge is 0.161 e. The third kappa shape index (κ3) is 4.38. The molecule has 0 aliphatic carbocycles.